The highest BCUT2D eigenvalue weighted by Gasteiger charge is 2.34. The minimum atomic E-state index is -1.41. The number of nitrogens with zero attached hydrogens (tertiary/aromatic N) is 1. The van der Waals surface area contributed by atoms with Gasteiger partial charge in [-0.15, -0.1) is 0 Å². The summed E-state index contributed by atoms with van der Waals surface area (Å²) in [5, 5.41) is 17.8. The van der Waals surface area contributed by atoms with Crippen molar-refractivity contribution in [2.75, 3.05) is 33.1 Å². The van der Waals surface area contributed by atoms with E-state index in [2.05, 4.69) is 16.0 Å². The molecule has 20 nitrogen and oxygen atoms in total. The first-order chi connectivity index (χ1) is 33.7. The van der Waals surface area contributed by atoms with Crippen LogP contribution in [0.15, 0.2) is 59.0 Å². The number of amides is 4. The zero-order valence-electron chi connectivity index (χ0n) is 40.5. The summed E-state index contributed by atoms with van der Waals surface area (Å²) in [6.07, 6.45) is 6.57. The summed E-state index contributed by atoms with van der Waals surface area (Å²) in [5.74, 6) is -7.64. The van der Waals surface area contributed by atoms with Gasteiger partial charge in [0.15, 0.2) is 12.4 Å². The number of carboxylic acid groups (broad SMARTS) is 1. The second-order valence-corrected chi connectivity index (χ2v) is 16.1. The van der Waals surface area contributed by atoms with Crippen LogP contribution in [0.4, 0.5) is 0 Å². The summed E-state index contributed by atoms with van der Waals surface area (Å²) in [5.41, 5.74) is -0.0828. The van der Waals surface area contributed by atoms with Gasteiger partial charge in [-0.25, -0.2) is 19.2 Å². The van der Waals surface area contributed by atoms with Crippen LogP contribution in [0.3, 0.4) is 0 Å². The summed E-state index contributed by atoms with van der Waals surface area (Å²) in [6.45, 7) is 8.87. The number of furan rings is 1. The smallest absolute Gasteiger partial charge is 0.363 e. The van der Waals surface area contributed by atoms with Crippen molar-refractivity contribution >= 4 is 54.0 Å². The molecule has 0 fully saturated rings. The third-order valence-electron chi connectivity index (χ3n) is 10.7. The first-order valence-electron chi connectivity index (χ1n) is 23.7. The Morgan fingerprint density at radius 2 is 1.39 bits per heavy atom. The number of unbranched alkanes of at least 4 members (excludes halogenated alkanes) is 5. The maximum Gasteiger partial charge on any atom is 0.363 e. The molecule has 0 spiro atoms. The van der Waals surface area contributed by atoms with E-state index in [1.165, 1.54) is 48.5 Å². The molecule has 0 bridgehead atoms. The Balaban J connectivity index is 1.80. The molecule has 4 amide bonds. The average molecular weight is 979 g/mol. The number of carboxylic acids is 1. The first kappa shape index (κ1) is 57.1. The van der Waals surface area contributed by atoms with Crippen molar-refractivity contribution in [2.24, 2.45) is 5.92 Å². The number of esters is 3. The summed E-state index contributed by atoms with van der Waals surface area (Å²) >= 11 is 0. The summed E-state index contributed by atoms with van der Waals surface area (Å²) in [4.78, 5) is 121. The molecule has 0 radical (unpaired) electrons. The Kier molecular flexibility index (Phi) is 25.3. The molecule has 1 heterocycles. The van der Waals surface area contributed by atoms with Crippen molar-refractivity contribution in [1.29, 1.82) is 0 Å². The molecule has 0 saturated heterocycles. The van der Waals surface area contributed by atoms with Gasteiger partial charge in [-0.3, -0.25) is 24.0 Å². The van der Waals surface area contributed by atoms with Gasteiger partial charge in [0.1, 0.15) is 17.6 Å². The number of rotatable bonds is 33. The number of benzene rings is 2. The topological polar surface area (TPSA) is 272 Å². The number of carbonyl (C=O) groups is 9. The molecule has 0 unspecified atom stereocenters. The maximum atomic E-state index is 13.8. The van der Waals surface area contributed by atoms with Crippen LogP contribution in [0.2, 0.25) is 0 Å². The lowest BCUT2D eigenvalue weighted by molar-refractivity contribution is -0.171. The predicted octanol–water partition coefficient (Wildman–Crippen LogP) is 6.55. The van der Waals surface area contributed by atoms with Gasteiger partial charge in [-0.05, 0) is 74.6 Å². The fourth-order valence-corrected chi connectivity index (χ4v) is 6.79. The number of ether oxygens (including phenoxy) is 4. The van der Waals surface area contributed by atoms with Crippen molar-refractivity contribution in [3.63, 3.8) is 0 Å². The van der Waals surface area contributed by atoms with Gasteiger partial charge in [0.05, 0.1) is 61.6 Å². The number of hydroxylamine groups is 2. The third kappa shape index (κ3) is 18.7. The van der Waals surface area contributed by atoms with Crippen LogP contribution in [0.1, 0.15) is 153 Å². The van der Waals surface area contributed by atoms with E-state index in [1.807, 2.05) is 27.7 Å². The van der Waals surface area contributed by atoms with E-state index in [4.69, 9.17) is 28.2 Å². The molecule has 1 aromatic heterocycles. The number of carbonyl (C=O) groups excluding carboxylic acids is 8. The number of aromatic carboxylic acids is 1. The van der Waals surface area contributed by atoms with Crippen molar-refractivity contribution < 1.29 is 76.5 Å². The van der Waals surface area contributed by atoms with E-state index in [9.17, 15) is 48.3 Å². The van der Waals surface area contributed by atoms with E-state index in [1.54, 1.807) is 6.92 Å². The zero-order valence-corrected chi connectivity index (χ0v) is 40.5. The van der Waals surface area contributed by atoms with E-state index in [0.29, 0.717) is 37.7 Å². The van der Waals surface area contributed by atoms with E-state index < -0.39 is 78.6 Å². The fourth-order valence-electron chi connectivity index (χ4n) is 6.79. The molecule has 382 valence electrons. The molecule has 2 aromatic carbocycles. The van der Waals surface area contributed by atoms with Crippen molar-refractivity contribution in [3.8, 4) is 17.1 Å². The highest BCUT2D eigenvalue weighted by molar-refractivity contribution is 6.00. The standard InChI is InChI=1S/C50H66N4O16/c1-6-11-15-19-36(39(10-5)54(32-55)70-49(63)35-18-16-17-34(27-35)48(61)62)45(58)51-31-52-47(60)41-23-22-40(69-41)33-20-21-37(42(28-33)68-30-44(57)66-25-13-8-3)46(59)53-38(50(64)67-26-14-9-4)29-43(56)65-24-12-7-2/h16-18,20-23,27-28,32,36,38-39H,6-15,19,24-26,29-31H2,1-5H3,(H,51,58)(H,52,60)(H,53,59)(H,61,62)/t36-,38+,39-/m1/s1. The average Bonchev–Trinajstić information content (AvgIpc) is 3.86. The largest absolute Gasteiger partial charge is 0.481 e. The highest BCUT2D eigenvalue weighted by atomic mass is 16.7. The van der Waals surface area contributed by atoms with E-state index in [-0.39, 0.29) is 73.3 Å². The second kappa shape index (κ2) is 31.0. The highest BCUT2D eigenvalue weighted by Crippen LogP contribution is 2.30. The fraction of sp³-hybridized carbons (Fsp3) is 0.500. The minimum absolute atomic E-state index is 0.0745. The summed E-state index contributed by atoms with van der Waals surface area (Å²) < 4.78 is 27.4. The molecule has 3 atom stereocenters. The molecule has 0 aliphatic carbocycles. The molecular formula is C50H66N4O16. The van der Waals surface area contributed by atoms with Crippen LogP contribution in [0, 0.1) is 5.92 Å². The van der Waals surface area contributed by atoms with Gasteiger partial charge in [-0.2, -0.15) is 5.06 Å². The molecule has 0 aliphatic heterocycles. The molecule has 20 heteroatoms. The molecule has 4 N–H and O–H groups in total. The molecule has 3 aromatic rings. The monoisotopic (exact) mass is 978 g/mol. The molecule has 0 saturated carbocycles. The minimum Gasteiger partial charge on any atom is -0.481 e. The van der Waals surface area contributed by atoms with Gasteiger partial charge in [0.25, 0.3) is 11.8 Å². The number of nitrogens with one attached hydrogen (secondary N) is 3. The Morgan fingerprint density at radius 3 is 2.03 bits per heavy atom. The van der Waals surface area contributed by atoms with Gasteiger partial charge in [-0.1, -0.05) is 85.3 Å². The molecular weight excluding hydrogens is 913 g/mol. The summed E-state index contributed by atoms with van der Waals surface area (Å²) in [6, 6.07) is 9.82. The van der Waals surface area contributed by atoms with Crippen molar-refractivity contribution in [1.82, 2.24) is 21.0 Å². The van der Waals surface area contributed by atoms with Gasteiger partial charge < -0.3 is 49.3 Å². The Labute approximate surface area is 407 Å². The predicted molar refractivity (Wildman–Crippen MR) is 252 cm³/mol. The van der Waals surface area contributed by atoms with Crippen molar-refractivity contribution in [2.45, 2.75) is 124 Å². The number of hydrogen-bond donors (Lipinski definition) is 4. The SMILES string of the molecule is CCCCC[C@@H](C(=O)NCNC(=O)c1ccc(-c2ccc(C(=O)N[C@@H](CC(=O)OCCCC)C(=O)OCCCC)c(OCC(=O)OCCCC)c2)o1)[C@@H](CC)N(C=O)OC(=O)c1cccc(C(=O)O)c1. The molecule has 3 rings (SSSR count). The Hall–Kier alpha value is -7.25. The van der Waals surface area contributed by atoms with Crippen LogP contribution in [-0.4, -0.2) is 109 Å². The van der Waals surface area contributed by atoms with Crippen molar-refractivity contribution in [3.05, 3.63) is 77.0 Å². The normalized spacial score (nSPS) is 12.0. The second-order valence-electron chi connectivity index (χ2n) is 16.1. The quantitative estimate of drug-likeness (QED) is 0.0126. The Morgan fingerprint density at radius 1 is 0.729 bits per heavy atom. The van der Waals surface area contributed by atoms with Crippen LogP contribution >= 0.6 is 0 Å². The first-order valence-corrected chi connectivity index (χ1v) is 23.7. The number of hydrogen-bond acceptors (Lipinski definition) is 15. The zero-order chi connectivity index (χ0) is 51.4. The molecule has 70 heavy (non-hydrogen) atoms. The van der Waals surface area contributed by atoms with Crippen LogP contribution in [0.25, 0.3) is 11.3 Å². The lowest BCUT2D eigenvalue weighted by Crippen LogP contribution is -2.49. The van der Waals surface area contributed by atoms with Gasteiger partial charge in [0.2, 0.25) is 12.3 Å². The Bertz CT molecular complexity index is 2220. The van der Waals surface area contributed by atoms with Crippen LogP contribution < -0.4 is 20.7 Å². The van der Waals surface area contributed by atoms with Crippen LogP contribution in [0.5, 0.6) is 5.75 Å². The maximum absolute atomic E-state index is 13.8. The van der Waals surface area contributed by atoms with Gasteiger partial charge >= 0.3 is 29.8 Å². The third-order valence-corrected chi connectivity index (χ3v) is 10.7. The van der Waals surface area contributed by atoms with E-state index in [0.717, 1.165) is 43.2 Å². The lowest BCUT2D eigenvalue weighted by Gasteiger charge is -2.31. The lowest BCUT2D eigenvalue weighted by atomic mass is 9.90. The molecule has 0 aliphatic rings. The van der Waals surface area contributed by atoms with E-state index >= 15 is 0 Å². The van der Waals surface area contributed by atoms with Gasteiger partial charge in [0, 0.05) is 5.56 Å². The summed E-state index contributed by atoms with van der Waals surface area (Å²) in [7, 11) is 0. The van der Waals surface area contributed by atoms with Crippen LogP contribution in [-0.2, 0) is 43.0 Å².